The summed E-state index contributed by atoms with van der Waals surface area (Å²) in [7, 11) is 1.94. The van der Waals surface area contributed by atoms with Crippen molar-refractivity contribution < 1.29 is 13.5 Å². The number of alkyl halides is 2. The molecular formula is C17H23F2NO. The SMILES string of the molecule is CNC(/C1=C/CCCCCC1)c1ccc(OC(F)F)cc1. The molecule has 116 valence electrons. The Morgan fingerprint density at radius 1 is 1.05 bits per heavy atom. The highest BCUT2D eigenvalue weighted by atomic mass is 19.3. The van der Waals surface area contributed by atoms with Crippen molar-refractivity contribution >= 4 is 0 Å². The van der Waals surface area contributed by atoms with E-state index in [1.807, 2.05) is 19.2 Å². The first-order chi connectivity index (χ1) is 10.2. The van der Waals surface area contributed by atoms with Crippen molar-refractivity contribution in [3.63, 3.8) is 0 Å². The summed E-state index contributed by atoms with van der Waals surface area (Å²) < 4.78 is 28.7. The molecule has 0 radical (unpaired) electrons. The second kappa shape index (κ2) is 8.13. The van der Waals surface area contributed by atoms with E-state index in [9.17, 15) is 8.78 Å². The van der Waals surface area contributed by atoms with Gasteiger partial charge in [-0.2, -0.15) is 8.78 Å². The zero-order chi connectivity index (χ0) is 15.1. The predicted molar refractivity (Wildman–Crippen MR) is 80.7 cm³/mol. The fourth-order valence-electron chi connectivity index (χ4n) is 2.89. The fourth-order valence-corrected chi connectivity index (χ4v) is 2.89. The maximum absolute atomic E-state index is 12.2. The molecule has 1 atom stereocenters. The lowest BCUT2D eigenvalue weighted by Crippen LogP contribution is -2.19. The number of ether oxygens (including phenoxy) is 1. The number of likely N-dealkylation sites (N-methyl/N-ethyl adjacent to an activating group) is 1. The van der Waals surface area contributed by atoms with Crippen LogP contribution in [0.15, 0.2) is 35.9 Å². The molecule has 4 heteroatoms. The lowest BCUT2D eigenvalue weighted by molar-refractivity contribution is -0.0498. The molecule has 0 aliphatic heterocycles. The van der Waals surface area contributed by atoms with Gasteiger partial charge in [0.05, 0.1) is 6.04 Å². The van der Waals surface area contributed by atoms with Gasteiger partial charge < -0.3 is 10.1 Å². The van der Waals surface area contributed by atoms with Crippen LogP contribution in [-0.2, 0) is 0 Å². The quantitative estimate of drug-likeness (QED) is 0.786. The van der Waals surface area contributed by atoms with Crippen LogP contribution in [0.1, 0.15) is 50.1 Å². The lowest BCUT2D eigenvalue weighted by Gasteiger charge is -2.22. The van der Waals surface area contributed by atoms with E-state index in [0.717, 1.165) is 18.4 Å². The topological polar surface area (TPSA) is 21.3 Å². The molecule has 2 nitrogen and oxygen atoms in total. The second-order valence-corrected chi connectivity index (χ2v) is 5.40. The summed E-state index contributed by atoms with van der Waals surface area (Å²) in [4.78, 5) is 0. The largest absolute Gasteiger partial charge is 0.435 e. The van der Waals surface area contributed by atoms with Crippen LogP contribution in [0.25, 0.3) is 0 Å². The molecule has 1 unspecified atom stereocenters. The molecule has 0 amide bonds. The number of halogens is 2. The summed E-state index contributed by atoms with van der Waals surface area (Å²) in [6.07, 6.45) is 9.63. The Bertz CT molecular complexity index is 456. The van der Waals surface area contributed by atoms with Gasteiger partial charge >= 0.3 is 6.61 Å². The van der Waals surface area contributed by atoms with Crippen molar-refractivity contribution in [2.75, 3.05) is 7.05 Å². The first-order valence-electron chi connectivity index (χ1n) is 7.61. The van der Waals surface area contributed by atoms with Crippen molar-refractivity contribution in [2.24, 2.45) is 0 Å². The molecule has 0 spiro atoms. The van der Waals surface area contributed by atoms with Gasteiger partial charge in [-0.15, -0.1) is 0 Å². The molecule has 2 rings (SSSR count). The Labute approximate surface area is 125 Å². The lowest BCUT2D eigenvalue weighted by atomic mass is 9.91. The molecule has 0 fully saturated rings. The van der Waals surface area contributed by atoms with Gasteiger partial charge in [0.25, 0.3) is 0 Å². The number of rotatable bonds is 5. The monoisotopic (exact) mass is 295 g/mol. The minimum Gasteiger partial charge on any atom is -0.435 e. The van der Waals surface area contributed by atoms with E-state index >= 15 is 0 Å². The highest BCUT2D eigenvalue weighted by Gasteiger charge is 2.16. The maximum atomic E-state index is 12.2. The molecular weight excluding hydrogens is 272 g/mol. The third kappa shape index (κ3) is 4.81. The van der Waals surface area contributed by atoms with E-state index in [-0.39, 0.29) is 11.8 Å². The zero-order valence-corrected chi connectivity index (χ0v) is 12.4. The van der Waals surface area contributed by atoms with Gasteiger partial charge in [0.2, 0.25) is 0 Å². The smallest absolute Gasteiger partial charge is 0.387 e. The molecule has 0 aromatic heterocycles. The molecule has 0 heterocycles. The van der Waals surface area contributed by atoms with E-state index in [1.54, 1.807) is 12.1 Å². The predicted octanol–water partition coefficient (Wildman–Crippen LogP) is 4.83. The van der Waals surface area contributed by atoms with Crippen LogP contribution in [0.2, 0.25) is 0 Å². The van der Waals surface area contributed by atoms with Crippen LogP contribution in [0.3, 0.4) is 0 Å². The van der Waals surface area contributed by atoms with E-state index in [4.69, 9.17) is 0 Å². The van der Waals surface area contributed by atoms with Crippen molar-refractivity contribution in [3.8, 4) is 5.75 Å². The summed E-state index contributed by atoms with van der Waals surface area (Å²) in [5.74, 6) is 0.204. The van der Waals surface area contributed by atoms with Gasteiger partial charge in [-0.3, -0.25) is 0 Å². The average Bonchev–Trinajstić information content (AvgIpc) is 2.42. The fraction of sp³-hybridized carbons (Fsp3) is 0.529. The van der Waals surface area contributed by atoms with Crippen molar-refractivity contribution in [2.45, 2.75) is 51.2 Å². The van der Waals surface area contributed by atoms with Crippen LogP contribution in [0, 0.1) is 0 Å². The molecule has 1 N–H and O–H groups in total. The summed E-state index contributed by atoms with van der Waals surface area (Å²) in [6, 6.07) is 7.09. The van der Waals surface area contributed by atoms with Gasteiger partial charge in [-0.25, -0.2) is 0 Å². The summed E-state index contributed by atoms with van der Waals surface area (Å²) in [5.41, 5.74) is 2.49. The molecule has 1 aromatic carbocycles. The third-order valence-corrected chi connectivity index (χ3v) is 3.92. The zero-order valence-electron chi connectivity index (χ0n) is 12.4. The van der Waals surface area contributed by atoms with Gasteiger partial charge in [-0.1, -0.05) is 36.6 Å². The van der Waals surface area contributed by atoms with Crippen molar-refractivity contribution in [1.29, 1.82) is 0 Å². The molecule has 0 saturated carbocycles. The normalized spacial score (nSPS) is 20.3. The molecule has 0 bridgehead atoms. The van der Waals surface area contributed by atoms with Gasteiger partial charge in [0, 0.05) is 0 Å². The number of hydrogen-bond donors (Lipinski definition) is 1. The minimum absolute atomic E-state index is 0.156. The second-order valence-electron chi connectivity index (χ2n) is 5.40. The summed E-state index contributed by atoms with van der Waals surface area (Å²) >= 11 is 0. The van der Waals surface area contributed by atoms with Crippen LogP contribution in [-0.4, -0.2) is 13.7 Å². The highest BCUT2D eigenvalue weighted by Crippen LogP contribution is 2.29. The summed E-state index contributed by atoms with van der Waals surface area (Å²) in [6.45, 7) is -2.77. The Kier molecular flexibility index (Phi) is 6.18. The number of benzene rings is 1. The van der Waals surface area contributed by atoms with E-state index < -0.39 is 6.61 Å². The standard InChI is InChI=1S/C17H23F2NO/c1-20-16(13-7-5-3-2-4-6-8-13)14-9-11-15(12-10-14)21-17(18)19/h7,9-12,16-17,20H,2-6,8H2,1H3/b13-7+. The molecule has 1 aliphatic carbocycles. The van der Waals surface area contributed by atoms with Gasteiger partial charge in [0.1, 0.15) is 5.75 Å². The van der Waals surface area contributed by atoms with Gasteiger partial charge in [-0.05, 0) is 50.4 Å². The van der Waals surface area contributed by atoms with Crippen LogP contribution in [0.4, 0.5) is 8.78 Å². The van der Waals surface area contributed by atoms with Crippen molar-refractivity contribution in [3.05, 3.63) is 41.5 Å². The Hall–Kier alpha value is -1.42. The van der Waals surface area contributed by atoms with Crippen LogP contribution >= 0.6 is 0 Å². The minimum atomic E-state index is -2.77. The van der Waals surface area contributed by atoms with Crippen LogP contribution < -0.4 is 10.1 Å². The average molecular weight is 295 g/mol. The number of hydrogen-bond acceptors (Lipinski definition) is 2. The number of nitrogens with one attached hydrogen (secondary N) is 1. The Morgan fingerprint density at radius 3 is 2.43 bits per heavy atom. The molecule has 1 aromatic rings. The molecule has 21 heavy (non-hydrogen) atoms. The Morgan fingerprint density at radius 2 is 1.76 bits per heavy atom. The first kappa shape index (κ1) is 16.0. The van der Waals surface area contributed by atoms with E-state index in [0.29, 0.717) is 0 Å². The summed E-state index contributed by atoms with van der Waals surface area (Å²) in [5, 5.41) is 3.34. The highest BCUT2D eigenvalue weighted by molar-refractivity contribution is 5.33. The van der Waals surface area contributed by atoms with E-state index in [1.165, 1.54) is 31.3 Å². The number of allylic oxidation sites excluding steroid dienone is 1. The maximum Gasteiger partial charge on any atom is 0.387 e. The molecule has 1 aliphatic rings. The Balaban J connectivity index is 2.12. The van der Waals surface area contributed by atoms with E-state index in [2.05, 4.69) is 16.1 Å². The first-order valence-corrected chi connectivity index (χ1v) is 7.61. The van der Waals surface area contributed by atoms with Crippen molar-refractivity contribution in [1.82, 2.24) is 5.32 Å². The third-order valence-electron chi connectivity index (χ3n) is 3.92. The van der Waals surface area contributed by atoms with Gasteiger partial charge in [0.15, 0.2) is 0 Å². The molecule has 0 saturated heterocycles. The van der Waals surface area contributed by atoms with Crippen LogP contribution in [0.5, 0.6) is 5.75 Å².